The summed E-state index contributed by atoms with van der Waals surface area (Å²) in [4.78, 5) is 12.4. The number of aryl methyl sites for hydroxylation is 1. The Kier molecular flexibility index (Phi) is 5.11. The van der Waals surface area contributed by atoms with Crippen LogP contribution in [0.1, 0.15) is 17.0 Å². The third kappa shape index (κ3) is 3.70. The molecule has 0 saturated carbocycles. The topological polar surface area (TPSA) is 46.9 Å². The van der Waals surface area contributed by atoms with Crippen LogP contribution in [0.3, 0.4) is 0 Å². The molecule has 0 bridgehead atoms. The molecule has 1 aromatic heterocycles. The molecule has 0 aliphatic rings. The number of rotatable bonds is 4. The Balaban J connectivity index is 1.82. The van der Waals surface area contributed by atoms with Crippen LogP contribution < -0.4 is 5.32 Å². The summed E-state index contributed by atoms with van der Waals surface area (Å²) < 4.78 is 1.85. The van der Waals surface area contributed by atoms with Crippen molar-refractivity contribution in [3.8, 4) is 5.69 Å². The molecule has 4 nitrogen and oxygen atoms in total. The molecule has 0 saturated heterocycles. The van der Waals surface area contributed by atoms with E-state index < -0.39 is 0 Å². The van der Waals surface area contributed by atoms with Crippen molar-refractivity contribution in [2.24, 2.45) is 0 Å². The van der Waals surface area contributed by atoms with Crippen LogP contribution >= 0.6 is 23.2 Å². The minimum atomic E-state index is -0.164. The van der Waals surface area contributed by atoms with Crippen molar-refractivity contribution >= 4 is 34.8 Å². The first-order valence-corrected chi connectivity index (χ1v) is 8.57. The Morgan fingerprint density at radius 3 is 2.52 bits per heavy atom. The number of amides is 1. The molecule has 1 heterocycles. The summed E-state index contributed by atoms with van der Waals surface area (Å²) in [5.74, 6) is -0.164. The first-order chi connectivity index (χ1) is 12.0. The van der Waals surface area contributed by atoms with Gasteiger partial charge in [-0.25, -0.2) is 4.68 Å². The predicted molar refractivity (Wildman–Crippen MR) is 102 cm³/mol. The quantitative estimate of drug-likeness (QED) is 0.700. The lowest BCUT2D eigenvalue weighted by atomic mass is 10.1. The average molecular weight is 374 g/mol. The van der Waals surface area contributed by atoms with Crippen LogP contribution in [0.5, 0.6) is 0 Å². The van der Waals surface area contributed by atoms with Gasteiger partial charge in [0, 0.05) is 11.3 Å². The van der Waals surface area contributed by atoms with Gasteiger partial charge < -0.3 is 5.32 Å². The largest absolute Gasteiger partial charge is 0.324 e. The number of nitrogens with zero attached hydrogens (tertiary/aromatic N) is 2. The molecule has 0 spiro atoms. The van der Waals surface area contributed by atoms with E-state index in [1.165, 1.54) is 0 Å². The Labute approximate surface area is 156 Å². The standard InChI is InChI=1S/C19H17Cl2N3O/c1-12-15(13(2)24(23-12)14-7-4-3-5-8-14)11-18(25)22-17-10-6-9-16(20)19(17)21/h3-10H,11H2,1-2H3,(H,22,25). The highest BCUT2D eigenvalue weighted by Crippen LogP contribution is 2.29. The van der Waals surface area contributed by atoms with Crippen LogP contribution in [0, 0.1) is 13.8 Å². The van der Waals surface area contributed by atoms with Crippen molar-refractivity contribution < 1.29 is 4.79 Å². The molecule has 1 amide bonds. The molecular formula is C19H17Cl2N3O. The van der Waals surface area contributed by atoms with Gasteiger partial charge in [0.25, 0.3) is 0 Å². The molecule has 0 atom stereocenters. The van der Waals surface area contributed by atoms with Crippen LogP contribution in [0.4, 0.5) is 5.69 Å². The molecule has 0 aliphatic carbocycles. The fourth-order valence-corrected chi connectivity index (χ4v) is 3.05. The van der Waals surface area contributed by atoms with Crippen LogP contribution in [0.2, 0.25) is 10.0 Å². The maximum atomic E-state index is 12.4. The van der Waals surface area contributed by atoms with E-state index in [2.05, 4.69) is 10.4 Å². The van der Waals surface area contributed by atoms with E-state index in [0.717, 1.165) is 22.6 Å². The minimum absolute atomic E-state index is 0.164. The maximum Gasteiger partial charge on any atom is 0.228 e. The molecule has 2 aromatic carbocycles. The van der Waals surface area contributed by atoms with Gasteiger partial charge in [-0.2, -0.15) is 5.10 Å². The molecule has 25 heavy (non-hydrogen) atoms. The third-order valence-corrected chi connectivity index (χ3v) is 4.82. The predicted octanol–water partition coefficient (Wildman–Crippen LogP) is 4.98. The maximum absolute atomic E-state index is 12.4. The van der Waals surface area contributed by atoms with Crippen LogP contribution in [-0.4, -0.2) is 15.7 Å². The Morgan fingerprint density at radius 2 is 1.80 bits per heavy atom. The highest BCUT2D eigenvalue weighted by atomic mass is 35.5. The fraction of sp³-hybridized carbons (Fsp3) is 0.158. The van der Waals surface area contributed by atoms with E-state index in [-0.39, 0.29) is 12.3 Å². The van der Waals surface area contributed by atoms with Gasteiger partial charge in [0.1, 0.15) is 0 Å². The van der Waals surface area contributed by atoms with Gasteiger partial charge in [-0.1, -0.05) is 47.5 Å². The first kappa shape index (κ1) is 17.5. The second-order valence-electron chi connectivity index (χ2n) is 5.72. The summed E-state index contributed by atoms with van der Waals surface area (Å²) in [6.45, 7) is 3.86. The molecule has 0 unspecified atom stereocenters. The molecule has 3 rings (SSSR count). The number of benzene rings is 2. The van der Waals surface area contributed by atoms with Crippen LogP contribution in [0.15, 0.2) is 48.5 Å². The van der Waals surface area contributed by atoms with Crippen molar-refractivity contribution in [1.82, 2.24) is 9.78 Å². The number of carbonyl (C=O) groups excluding carboxylic acids is 1. The normalized spacial score (nSPS) is 10.7. The molecule has 0 fully saturated rings. The highest BCUT2D eigenvalue weighted by molar-refractivity contribution is 6.43. The molecule has 3 aromatic rings. The van der Waals surface area contributed by atoms with E-state index in [0.29, 0.717) is 15.7 Å². The van der Waals surface area contributed by atoms with Crippen molar-refractivity contribution in [1.29, 1.82) is 0 Å². The number of hydrogen-bond acceptors (Lipinski definition) is 2. The summed E-state index contributed by atoms with van der Waals surface area (Å²) >= 11 is 12.1. The molecular weight excluding hydrogens is 357 g/mol. The van der Waals surface area contributed by atoms with E-state index in [4.69, 9.17) is 23.2 Å². The number of anilines is 1. The van der Waals surface area contributed by atoms with Crippen LogP contribution in [0.25, 0.3) is 5.69 Å². The summed E-state index contributed by atoms with van der Waals surface area (Å²) in [6.07, 6.45) is 0.216. The summed E-state index contributed by atoms with van der Waals surface area (Å²) in [5, 5.41) is 8.12. The van der Waals surface area contributed by atoms with Crippen molar-refractivity contribution in [3.63, 3.8) is 0 Å². The molecule has 128 valence electrons. The molecule has 0 radical (unpaired) electrons. The van der Waals surface area contributed by atoms with Crippen molar-refractivity contribution in [3.05, 3.63) is 75.5 Å². The minimum Gasteiger partial charge on any atom is -0.324 e. The number of aromatic nitrogens is 2. The molecule has 1 N–H and O–H groups in total. The van der Waals surface area contributed by atoms with E-state index in [9.17, 15) is 4.79 Å². The van der Waals surface area contributed by atoms with Gasteiger partial charge in [-0.05, 0) is 38.1 Å². The van der Waals surface area contributed by atoms with Gasteiger partial charge in [0.2, 0.25) is 5.91 Å². The Morgan fingerprint density at radius 1 is 1.08 bits per heavy atom. The van der Waals surface area contributed by atoms with Crippen molar-refractivity contribution in [2.45, 2.75) is 20.3 Å². The fourth-order valence-electron chi connectivity index (χ4n) is 2.71. The average Bonchev–Trinajstić information content (AvgIpc) is 2.88. The number of halogens is 2. The number of nitrogens with one attached hydrogen (secondary N) is 1. The zero-order chi connectivity index (χ0) is 18.0. The summed E-state index contributed by atoms with van der Waals surface area (Å²) in [6, 6.07) is 15.0. The smallest absolute Gasteiger partial charge is 0.228 e. The zero-order valence-corrected chi connectivity index (χ0v) is 15.4. The Bertz CT molecular complexity index is 920. The number of para-hydroxylation sites is 1. The lowest BCUT2D eigenvalue weighted by Gasteiger charge is -2.09. The van der Waals surface area contributed by atoms with Gasteiger partial charge in [-0.15, -0.1) is 0 Å². The number of hydrogen-bond donors (Lipinski definition) is 1. The monoisotopic (exact) mass is 373 g/mol. The van der Waals surface area contributed by atoms with E-state index >= 15 is 0 Å². The van der Waals surface area contributed by atoms with E-state index in [1.807, 2.05) is 48.9 Å². The van der Waals surface area contributed by atoms with Gasteiger partial charge in [0.15, 0.2) is 0 Å². The van der Waals surface area contributed by atoms with Gasteiger partial charge in [-0.3, -0.25) is 4.79 Å². The summed E-state index contributed by atoms with van der Waals surface area (Å²) in [7, 11) is 0. The van der Waals surface area contributed by atoms with Crippen molar-refractivity contribution in [2.75, 3.05) is 5.32 Å². The highest BCUT2D eigenvalue weighted by Gasteiger charge is 2.17. The lowest BCUT2D eigenvalue weighted by molar-refractivity contribution is -0.115. The second kappa shape index (κ2) is 7.30. The lowest BCUT2D eigenvalue weighted by Crippen LogP contribution is -2.15. The first-order valence-electron chi connectivity index (χ1n) is 7.81. The summed E-state index contributed by atoms with van der Waals surface area (Å²) in [5.41, 5.74) is 4.14. The van der Waals surface area contributed by atoms with Gasteiger partial charge >= 0.3 is 0 Å². The molecule has 6 heteroatoms. The SMILES string of the molecule is Cc1nn(-c2ccccc2)c(C)c1CC(=O)Nc1cccc(Cl)c1Cl. The van der Waals surface area contributed by atoms with E-state index in [1.54, 1.807) is 18.2 Å². The molecule has 0 aliphatic heterocycles. The number of carbonyl (C=O) groups is 1. The van der Waals surface area contributed by atoms with Crippen LogP contribution in [-0.2, 0) is 11.2 Å². The zero-order valence-electron chi connectivity index (χ0n) is 13.9. The third-order valence-electron chi connectivity index (χ3n) is 4.00. The van der Waals surface area contributed by atoms with Gasteiger partial charge in [0.05, 0.1) is 33.5 Å². The second-order valence-corrected chi connectivity index (χ2v) is 6.51. The Hall–Kier alpha value is -2.30.